The van der Waals surface area contributed by atoms with Gasteiger partial charge in [-0.15, -0.1) is 0 Å². The molecule has 1 aromatic heterocycles. The van der Waals surface area contributed by atoms with Crippen LogP contribution < -0.4 is 4.74 Å². The standard InChI is InChI=1S/C28H23NO3/c1-19-9-2-4-12-21(19)26-23-14-6-7-15-24(23)29(27(26)28(30)31)17-18-32-25-16-8-11-20-10-3-5-13-22(20)25/h2-16H,17-18H2,1H3,(H,30,31). The number of carbonyl (C=O) groups is 1. The Kier molecular flexibility index (Phi) is 5.12. The van der Waals surface area contributed by atoms with Gasteiger partial charge in [-0.25, -0.2) is 4.79 Å². The molecule has 0 unspecified atom stereocenters. The summed E-state index contributed by atoms with van der Waals surface area (Å²) >= 11 is 0. The number of benzene rings is 4. The zero-order valence-corrected chi connectivity index (χ0v) is 17.8. The van der Waals surface area contributed by atoms with Gasteiger partial charge in [-0.1, -0.05) is 78.9 Å². The lowest BCUT2D eigenvalue weighted by molar-refractivity contribution is 0.0685. The minimum absolute atomic E-state index is 0.294. The highest BCUT2D eigenvalue weighted by Gasteiger charge is 2.24. The van der Waals surface area contributed by atoms with Gasteiger partial charge >= 0.3 is 5.97 Å². The van der Waals surface area contributed by atoms with Crippen LogP contribution in [0.5, 0.6) is 5.75 Å². The first-order chi connectivity index (χ1) is 15.6. The number of ether oxygens (including phenoxy) is 1. The summed E-state index contributed by atoms with van der Waals surface area (Å²) in [5, 5.41) is 13.3. The third-order valence-corrected chi connectivity index (χ3v) is 5.91. The third-order valence-electron chi connectivity index (χ3n) is 5.91. The Morgan fingerprint density at radius 3 is 2.34 bits per heavy atom. The monoisotopic (exact) mass is 421 g/mol. The Morgan fingerprint density at radius 2 is 1.53 bits per heavy atom. The molecule has 0 saturated heterocycles. The fraction of sp³-hybridized carbons (Fsp3) is 0.107. The lowest BCUT2D eigenvalue weighted by Crippen LogP contribution is -2.14. The van der Waals surface area contributed by atoms with Crippen molar-refractivity contribution in [2.75, 3.05) is 6.61 Å². The number of aromatic carboxylic acids is 1. The van der Waals surface area contributed by atoms with Gasteiger partial charge in [0, 0.05) is 21.9 Å². The number of carboxylic acids is 1. The van der Waals surface area contributed by atoms with Crippen LogP contribution in [-0.4, -0.2) is 22.2 Å². The number of nitrogens with zero attached hydrogens (tertiary/aromatic N) is 1. The molecule has 0 saturated carbocycles. The first kappa shape index (κ1) is 19.9. The number of rotatable bonds is 6. The van der Waals surface area contributed by atoms with E-state index in [2.05, 4.69) is 12.1 Å². The van der Waals surface area contributed by atoms with Gasteiger partial charge in [-0.3, -0.25) is 0 Å². The van der Waals surface area contributed by atoms with Crippen molar-refractivity contribution in [1.29, 1.82) is 0 Å². The number of fused-ring (bicyclic) bond motifs is 2. The number of carboxylic acid groups (broad SMARTS) is 1. The molecular formula is C28H23NO3. The molecule has 5 aromatic rings. The van der Waals surface area contributed by atoms with E-state index in [0.717, 1.165) is 44.1 Å². The van der Waals surface area contributed by atoms with E-state index in [1.165, 1.54) is 0 Å². The van der Waals surface area contributed by atoms with Crippen molar-refractivity contribution in [3.8, 4) is 16.9 Å². The van der Waals surface area contributed by atoms with E-state index in [0.29, 0.717) is 18.8 Å². The minimum atomic E-state index is -0.940. The zero-order chi connectivity index (χ0) is 22.1. The van der Waals surface area contributed by atoms with E-state index in [4.69, 9.17) is 4.74 Å². The minimum Gasteiger partial charge on any atom is -0.491 e. The van der Waals surface area contributed by atoms with Crippen LogP contribution in [0, 0.1) is 6.92 Å². The van der Waals surface area contributed by atoms with Crippen LogP contribution >= 0.6 is 0 Å². The predicted octanol–water partition coefficient (Wildman–Crippen LogP) is 6.55. The lowest BCUT2D eigenvalue weighted by atomic mass is 9.97. The number of aromatic nitrogens is 1. The molecule has 0 fully saturated rings. The number of aryl methyl sites for hydroxylation is 1. The van der Waals surface area contributed by atoms with E-state index in [1.807, 2.05) is 90.4 Å². The third kappa shape index (κ3) is 3.40. The van der Waals surface area contributed by atoms with Crippen molar-refractivity contribution < 1.29 is 14.6 Å². The van der Waals surface area contributed by atoms with Crippen LogP contribution in [-0.2, 0) is 6.54 Å². The summed E-state index contributed by atoms with van der Waals surface area (Å²) in [5.41, 5.74) is 3.93. The molecule has 0 spiro atoms. The van der Waals surface area contributed by atoms with Gasteiger partial charge in [0.25, 0.3) is 0 Å². The van der Waals surface area contributed by atoms with Crippen molar-refractivity contribution in [2.24, 2.45) is 0 Å². The first-order valence-electron chi connectivity index (χ1n) is 10.7. The molecule has 0 radical (unpaired) electrons. The van der Waals surface area contributed by atoms with Crippen molar-refractivity contribution >= 4 is 27.6 Å². The second-order valence-corrected chi connectivity index (χ2v) is 7.84. The van der Waals surface area contributed by atoms with E-state index < -0.39 is 5.97 Å². The normalized spacial score (nSPS) is 11.2. The number of hydrogen-bond acceptors (Lipinski definition) is 2. The van der Waals surface area contributed by atoms with Crippen molar-refractivity contribution in [3.63, 3.8) is 0 Å². The molecule has 1 N–H and O–H groups in total. The van der Waals surface area contributed by atoms with Gasteiger partial charge in [-0.2, -0.15) is 0 Å². The van der Waals surface area contributed by atoms with Crippen LogP contribution in [0.25, 0.3) is 32.8 Å². The Bertz CT molecular complexity index is 1440. The molecule has 0 amide bonds. The lowest BCUT2D eigenvalue weighted by Gasteiger charge is -2.13. The van der Waals surface area contributed by atoms with E-state index in [1.54, 1.807) is 0 Å². The van der Waals surface area contributed by atoms with Crippen LogP contribution in [0.2, 0.25) is 0 Å². The predicted molar refractivity (Wildman–Crippen MR) is 129 cm³/mol. The summed E-state index contributed by atoms with van der Waals surface area (Å²) < 4.78 is 8.00. The maximum atomic E-state index is 12.4. The maximum absolute atomic E-state index is 12.4. The van der Waals surface area contributed by atoms with Gasteiger partial charge < -0.3 is 14.4 Å². The molecule has 0 aliphatic rings. The highest BCUT2D eigenvalue weighted by atomic mass is 16.5. The van der Waals surface area contributed by atoms with E-state index in [-0.39, 0.29) is 0 Å². The van der Waals surface area contributed by atoms with Crippen LogP contribution in [0.1, 0.15) is 16.1 Å². The summed E-state index contributed by atoms with van der Waals surface area (Å²) in [7, 11) is 0. The molecule has 0 atom stereocenters. The number of para-hydroxylation sites is 1. The molecular weight excluding hydrogens is 398 g/mol. The molecule has 158 valence electrons. The molecule has 5 rings (SSSR count). The summed E-state index contributed by atoms with van der Waals surface area (Å²) in [6.45, 7) is 2.80. The van der Waals surface area contributed by atoms with Gasteiger partial charge in [0.1, 0.15) is 18.1 Å². The molecule has 4 aromatic carbocycles. The quantitative estimate of drug-likeness (QED) is 0.338. The summed E-state index contributed by atoms with van der Waals surface area (Å²) in [6.07, 6.45) is 0. The summed E-state index contributed by atoms with van der Waals surface area (Å²) in [4.78, 5) is 12.4. The van der Waals surface area contributed by atoms with Crippen LogP contribution in [0.4, 0.5) is 0 Å². The molecule has 0 aliphatic heterocycles. The number of hydrogen-bond donors (Lipinski definition) is 1. The van der Waals surface area contributed by atoms with Crippen molar-refractivity contribution in [1.82, 2.24) is 4.57 Å². The van der Waals surface area contributed by atoms with Crippen molar-refractivity contribution in [3.05, 3.63) is 102 Å². The average Bonchev–Trinajstić information content (AvgIpc) is 3.14. The average molecular weight is 421 g/mol. The first-order valence-corrected chi connectivity index (χ1v) is 10.7. The molecule has 4 heteroatoms. The second-order valence-electron chi connectivity index (χ2n) is 7.84. The summed E-state index contributed by atoms with van der Waals surface area (Å²) in [5.74, 6) is -0.139. The van der Waals surface area contributed by atoms with E-state index in [9.17, 15) is 9.90 Å². The molecule has 0 bridgehead atoms. The Labute approximate surface area is 186 Å². The highest BCUT2D eigenvalue weighted by molar-refractivity contribution is 6.08. The van der Waals surface area contributed by atoms with Crippen LogP contribution in [0.15, 0.2) is 91.0 Å². The largest absolute Gasteiger partial charge is 0.491 e. The van der Waals surface area contributed by atoms with Gasteiger partial charge in [0.15, 0.2) is 0 Å². The topological polar surface area (TPSA) is 51.5 Å². The van der Waals surface area contributed by atoms with E-state index >= 15 is 0 Å². The highest BCUT2D eigenvalue weighted by Crippen LogP contribution is 2.37. The zero-order valence-electron chi connectivity index (χ0n) is 17.8. The Morgan fingerprint density at radius 1 is 0.844 bits per heavy atom. The molecule has 1 heterocycles. The SMILES string of the molecule is Cc1ccccc1-c1c(C(=O)O)n(CCOc2cccc3ccccc23)c2ccccc12. The van der Waals surface area contributed by atoms with Gasteiger partial charge in [-0.05, 0) is 35.6 Å². The second kappa shape index (κ2) is 8.23. The van der Waals surface area contributed by atoms with Gasteiger partial charge in [0.2, 0.25) is 0 Å². The fourth-order valence-electron chi connectivity index (χ4n) is 4.45. The molecule has 32 heavy (non-hydrogen) atoms. The Balaban J connectivity index is 1.56. The van der Waals surface area contributed by atoms with Crippen LogP contribution in [0.3, 0.4) is 0 Å². The molecule has 4 nitrogen and oxygen atoms in total. The Hall–Kier alpha value is -4.05. The van der Waals surface area contributed by atoms with Gasteiger partial charge in [0.05, 0.1) is 6.54 Å². The summed E-state index contributed by atoms with van der Waals surface area (Å²) in [6, 6.07) is 29.8. The smallest absolute Gasteiger partial charge is 0.353 e. The molecule has 0 aliphatic carbocycles. The fourth-order valence-corrected chi connectivity index (χ4v) is 4.45. The van der Waals surface area contributed by atoms with Crippen molar-refractivity contribution in [2.45, 2.75) is 13.5 Å². The maximum Gasteiger partial charge on any atom is 0.353 e.